The van der Waals surface area contributed by atoms with Crippen LogP contribution < -0.4 is 10.2 Å². The number of piperidine rings is 1. The standard InChI is InChI=1S/C20H22N4O3/c1-14-5-2-3-7-17(14)18-22-20(27-23-18)24-10-8-15(9-11-24)19(25)21-13-16-6-4-12-26-16/h2-7,12,15H,8-11,13H2,1H3,(H,21,25). The topological polar surface area (TPSA) is 84.4 Å². The van der Waals surface area contributed by atoms with E-state index in [0.29, 0.717) is 31.5 Å². The Kier molecular flexibility index (Phi) is 4.91. The molecular weight excluding hydrogens is 344 g/mol. The Bertz CT molecular complexity index is 896. The summed E-state index contributed by atoms with van der Waals surface area (Å²) in [6.45, 7) is 3.89. The van der Waals surface area contributed by atoms with E-state index in [-0.39, 0.29) is 11.8 Å². The summed E-state index contributed by atoms with van der Waals surface area (Å²) in [4.78, 5) is 18.9. The van der Waals surface area contributed by atoms with E-state index < -0.39 is 0 Å². The van der Waals surface area contributed by atoms with Crippen LogP contribution in [0, 0.1) is 12.8 Å². The monoisotopic (exact) mass is 366 g/mol. The number of hydrogen-bond acceptors (Lipinski definition) is 6. The van der Waals surface area contributed by atoms with Gasteiger partial charge in [-0.15, -0.1) is 0 Å². The van der Waals surface area contributed by atoms with Gasteiger partial charge in [-0.3, -0.25) is 4.79 Å². The van der Waals surface area contributed by atoms with E-state index in [4.69, 9.17) is 8.94 Å². The third-order valence-electron chi connectivity index (χ3n) is 4.95. The average Bonchev–Trinajstić information content (AvgIpc) is 3.39. The molecule has 0 spiro atoms. The van der Waals surface area contributed by atoms with E-state index >= 15 is 0 Å². The fraction of sp³-hybridized carbons (Fsp3) is 0.350. The van der Waals surface area contributed by atoms with E-state index in [0.717, 1.165) is 29.7 Å². The number of hydrogen-bond donors (Lipinski definition) is 1. The molecule has 0 radical (unpaired) electrons. The normalized spacial score (nSPS) is 15.1. The van der Waals surface area contributed by atoms with Crippen molar-refractivity contribution in [3.63, 3.8) is 0 Å². The van der Waals surface area contributed by atoms with Gasteiger partial charge in [-0.05, 0) is 37.5 Å². The zero-order chi connectivity index (χ0) is 18.6. The predicted octanol–water partition coefficient (Wildman–Crippen LogP) is 3.17. The molecule has 140 valence electrons. The van der Waals surface area contributed by atoms with Crippen LogP contribution in [-0.4, -0.2) is 29.1 Å². The molecule has 1 fully saturated rings. The van der Waals surface area contributed by atoms with Crippen molar-refractivity contribution in [2.75, 3.05) is 18.0 Å². The van der Waals surface area contributed by atoms with E-state index in [9.17, 15) is 4.79 Å². The number of carbonyl (C=O) groups is 1. The Morgan fingerprint density at radius 3 is 2.78 bits per heavy atom. The van der Waals surface area contributed by atoms with Gasteiger partial charge in [-0.1, -0.05) is 29.4 Å². The second kappa shape index (κ2) is 7.65. The van der Waals surface area contributed by atoms with Crippen LogP contribution in [-0.2, 0) is 11.3 Å². The molecule has 7 heteroatoms. The summed E-state index contributed by atoms with van der Waals surface area (Å²) in [5, 5.41) is 7.06. The number of carbonyl (C=O) groups excluding carboxylic acids is 1. The maximum Gasteiger partial charge on any atom is 0.324 e. The highest BCUT2D eigenvalue weighted by Crippen LogP contribution is 2.26. The fourth-order valence-electron chi connectivity index (χ4n) is 3.34. The Morgan fingerprint density at radius 2 is 2.04 bits per heavy atom. The molecule has 3 heterocycles. The average molecular weight is 366 g/mol. The van der Waals surface area contributed by atoms with E-state index in [1.54, 1.807) is 6.26 Å². The molecule has 7 nitrogen and oxygen atoms in total. The molecule has 1 N–H and O–H groups in total. The molecule has 27 heavy (non-hydrogen) atoms. The van der Waals surface area contributed by atoms with E-state index in [1.807, 2.05) is 48.2 Å². The van der Waals surface area contributed by atoms with Gasteiger partial charge in [0.05, 0.1) is 12.8 Å². The number of nitrogens with one attached hydrogen (secondary N) is 1. The fourth-order valence-corrected chi connectivity index (χ4v) is 3.34. The molecular formula is C20H22N4O3. The summed E-state index contributed by atoms with van der Waals surface area (Å²) in [7, 11) is 0. The predicted molar refractivity (Wildman–Crippen MR) is 100.0 cm³/mol. The number of anilines is 1. The number of furan rings is 1. The van der Waals surface area contributed by atoms with Crippen molar-refractivity contribution in [2.45, 2.75) is 26.3 Å². The SMILES string of the molecule is Cc1ccccc1-c1noc(N2CCC(C(=O)NCc3ccco3)CC2)n1. The summed E-state index contributed by atoms with van der Waals surface area (Å²) in [6.07, 6.45) is 3.12. The van der Waals surface area contributed by atoms with Gasteiger partial charge in [0.15, 0.2) is 0 Å². The molecule has 1 aliphatic heterocycles. The summed E-state index contributed by atoms with van der Waals surface area (Å²) in [6, 6.07) is 12.1. The van der Waals surface area contributed by atoms with Crippen molar-refractivity contribution in [3.05, 3.63) is 54.0 Å². The number of benzene rings is 1. The minimum Gasteiger partial charge on any atom is -0.467 e. The quantitative estimate of drug-likeness (QED) is 0.747. The van der Waals surface area contributed by atoms with Gasteiger partial charge < -0.3 is 19.2 Å². The lowest BCUT2D eigenvalue weighted by molar-refractivity contribution is -0.125. The molecule has 0 saturated carbocycles. The van der Waals surface area contributed by atoms with Crippen molar-refractivity contribution in [3.8, 4) is 11.4 Å². The van der Waals surface area contributed by atoms with Crippen LogP contribution in [0.2, 0.25) is 0 Å². The maximum atomic E-state index is 12.3. The molecule has 3 aromatic rings. The first-order valence-corrected chi connectivity index (χ1v) is 9.15. The van der Waals surface area contributed by atoms with Crippen LogP contribution in [0.15, 0.2) is 51.6 Å². The molecule has 0 atom stereocenters. The molecule has 1 aromatic carbocycles. The van der Waals surface area contributed by atoms with Crippen molar-refractivity contribution in [1.29, 1.82) is 0 Å². The summed E-state index contributed by atoms with van der Waals surface area (Å²) in [5.41, 5.74) is 2.08. The van der Waals surface area contributed by atoms with Crippen LogP contribution in [0.25, 0.3) is 11.4 Å². The lowest BCUT2D eigenvalue weighted by Crippen LogP contribution is -2.40. The lowest BCUT2D eigenvalue weighted by Gasteiger charge is -2.29. The number of amides is 1. The van der Waals surface area contributed by atoms with Crippen LogP contribution in [0.5, 0.6) is 0 Å². The Morgan fingerprint density at radius 1 is 1.22 bits per heavy atom. The van der Waals surface area contributed by atoms with Crippen molar-refractivity contribution in [1.82, 2.24) is 15.5 Å². The second-order valence-electron chi connectivity index (χ2n) is 6.77. The largest absolute Gasteiger partial charge is 0.467 e. The number of aromatic nitrogens is 2. The molecule has 1 amide bonds. The molecule has 0 bridgehead atoms. The van der Waals surface area contributed by atoms with Crippen LogP contribution >= 0.6 is 0 Å². The van der Waals surface area contributed by atoms with Crippen molar-refractivity contribution < 1.29 is 13.7 Å². The molecule has 1 aliphatic rings. The van der Waals surface area contributed by atoms with E-state index in [2.05, 4.69) is 15.5 Å². The minimum absolute atomic E-state index is 0.00466. The second-order valence-corrected chi connectivity index (χ2v) is 6.77. The highest BCUT2D eigenvalue weighted by molar-refractivity contribution is 5.78. The van der Waals surface area contributed by atoms with Gasteiger partial charge in [0, 0.05) is 24.6 Å². The molecule has 4 rings (SSSR count). The first kappa shape index (κ1) is 17.3. The molecule has 0 aliphatic carbocycles. The van der Waals surface area contributed by atoms with Crippen LogP contribution in [0.4, 0.5) is 6.01 Å². The first-order valence-electron chi connectivity index (χ1n) is 9.15. The Labute approximate surface area is 157 Å². The molecule has 1 saturated heterocycles. The maximum absolute atomic E-state index is 12.3. The van der Waals surface area contributed by atoms with E-state index in [1.165, 1.54) is 0 Å². The molecule has 0 unspecified atom stereocenters. The van der Waals surface area contributed by atoms with Crippen LogP contribution in [0.3, 0.4) is 0 Å². The zero-order valence-corrected chi connectivity index (χ0v) is 15.2. The van der Waals surface area contributed by atoms with Crippen molar-refractivity contribution in [2.24, 2.45) is 5.92 Å². The summed E-state index contributed by atoms with van der Waals surface area (Å²) >= 11 is 0. The van der Waals surface area contributed by atoms with Gasteiger partial charge in [-0.25, -0.2) is 0 Å². The highest BCUT2D eigenvalue weighted by atomic mass is 16.5. The molecule has 2 aromatic heterocycles. The van der Waals surface area contributed by atoms with Gasteiger partial charge in [0.25, 0.3) is 0 Å². The lowest BCUT2D eigenvalue weighted by atomic mass is 9.96. The smallest absolute Gasteiger partial charge is 0.324 e. The van der Waals surface area contributed by atoms with Gasteiger partial charge in [-0.2, -0.15) is 4.98 Å². The highest BCUT2D eigenvalue weighted by Gasteiger charge is 2.27. The number of aryl methyl sites for hydroxylation is 1. The van der Waals surface area contributed by atoms with Crippen LogP contribution in [0.1, 0.15) is 24.2 Å². The third-order valence-corrected chi connectivity index (χ3v) is 4.95. The zero-order valence-electron chi connectivity index (χ0n) is 15.2. The van der Waals surface area contributed by atoms with Gasteiger partial charge in [0.2, 0.25) is 11.7 Å². The van der Waals surface area contributed by atoms with Crippen molar-refractivity contribution >= 4 is 11.9 Å². The summed E-state index contributed by atoms with van der Waals surface area (Å²) in [5.74, 6) is 1.42. The Balaban J connectivity index is 1.33. The third kappa shape index (κ3) is 3.86. The van der Waals surface area contributed by atoms with Gasteiger partial charge in [0.1, 0.15) is 5.76 Å². The summed E-state index contributed by atoms with van der Waals surface area (Å²) < 4.78 is 10.7. The van der Waals surface area contributed by atoms with Gasteiger partial charge >= 0.3 is 6.01 Å². The number of rotatable bonds is 5. The first-order chi connectivity index (χ1) is 13.2. The Hall–Kier alpha value is -3.09. The minimum atomic E-state index is -0.00466. The number of nitrogens with zero attached hydrogens (tertiary/aromatic N) is 3.